The van der Waals surface area contributed by atoms with Gasteiger partial charge in [0, 0.05) is 6.54 Å². The van der Waals surface area contributed by atoms with Gasteiger partial charge in [-0.15, -0.1) is 0 Å². The molecule has 5 nitrogen and oxygen atoms in total. The van der Waals surface area contributed by atoms with Crippen LogP contribution in [0.4, 0.5) is 0 Å². The van der Waals surface area contributed by atoms with Gasteiger partial charge in [0.25, 0.3) is 0 Å². The number of para-hydroxylation sites is 2. The van der Waals surface area contributed by atoms with Crippen LogP contribution in [0, 0.1) is 11.3 Å². The largest absolute Gasteiger partial charge is 0.465 e. The summed E-state index contributed by atoms with van der Waals surface area (Å²) in [4.78, 5) is 16.1. The van der Waals surface area contributed by atoms with E-state index < -0.39 is 0 Å². The number of allylic oxidation sites excluding steroid dienone is 1. The number of hydrogen-bond acceptors (Lipinski definition) is 4. The Morgan fingerprint density at radius 2 is 1.96 bits per heavy atom. The van der Waals surface area contributed by atoms with Crippen molar-refractivity contribution in [2.75, 3.05) is 7.11 Å². The normalized spacial score (nSPS) is 11.3. The Bertz CT molecular complexity index is 992. The zero-order valence-electron chi connectivity index (χ0n) is 14.1. The lowest BCUT2D eigenvalue weighted by Crippen LogP contribution is -2.01. The lowest BCUT2D eigenvalue weighted by molar-refractivity contribution is 0.0600. The van der Waals surface area contributed by atoms with Crippen molar-refractivity contribution in [3.8, 4) is 6.07 Å². The van der Waals surface area contributed by atoms with Crippen molar-refractivity contribution < 1.29 is 9.53 Å². The first-order chi connectivity index (χ1) is 12.2. The fraction of sp³-hybridized carbons (Fsp3) is 0.150. The average Bonchev–Trinajstić information content (AvgIpc) is 3.04. The SMILES string of the molecule is CCn1c(C(C#N)=Cc2ccc(C(=O)OC)cc2)nc2ccccc21. The van der Waals surface area contributed by atoms with Crippen molar-refractivity contribution in [2.24, 2.45) is 0 Å². The molecule has 0 aliphatic rings. The number of fused-ring (bicyclic) bond motifs is 1. The number of ether oxygens (including phenoxy) is 1. The quantitative estimate of drug-likeness (QED) is 0.537. The van der Waals surface area contributed by atoms with Gasteiger partial charge in [-0.05, 0) is 42.8 Å². The number of imidazole rings is 1. The van der Waals surface area contributed by atoms with Crippen LogP contribution in [0.15, 0.2) is 48.5 Å². The van der Waals surface area contributed by atoms with E-state index in [0.29, 0.717) is 17.0 Å². The van der Waals surface area contributed by atoms with E-state index in [0.717, 1.165) is 23.1 Å². The molecule has 1 heterocycles. The highest BCUT2D eigenvalue weighted by Gasteiger charge is 2.13. The highest BCUT2D eigenvalue weighted by Crippen LogP contribution is 2.23. The monoisotopic (exact) mass is 331 g/mol. The molecule has 0 N–H and O–H groups in total. The third-order valence-corrected chi connectivity index (χ3v) is 3.97. The average molecular weight is 331 g/mol. The molecular weight excluding hydrogens is 314 g/mol. The van der Waals surface area contributed by atoms with Crippen LogP contribution < -0.4 is 0 Å². The molecule has 124 valence electrons. The molecule has 1 aromatic heterocycles. The van der Waals surface area contributed by atoms with Crippen LogP contribution in [0.2, 0.25) is 0 Å². The van der Waals surface area contributed by atoms with Crippen molar-refractivity contribution in [1.82, 2.24) is 9.55 Å². The second-order valence-electron chi connectivity index (χ2n) is 5.45. The van der Waals surface area contributed by atoms with Gasteiger partial charge < -0.3 is 9.30 Å². The Balaban J connectivity index is 2.04. The second kappa shape index (κ2) is 7.02. The van der Waals surface area contributed by atoms with Gasteiger partial charge in [-0.3, -0.25) is 0 Å². The number of benzene rings is 2. The van der Waals surface area contributed by atoms with Crippen LogP contribution in [0.3, 0.4) is 0 Å². The molecule has 0 bridgehead atoms. The number of nitrogens with zero attached hydrogens (tertiary/aromatic N) is 3. The van der Waals surface area contributed by atoms with Gasteiger partial charge in [0.05, 0.1) is 29.3 Å². The fourth-order valence-electron chi connectivity index (χ4n) is 2.75. The van der Waals surface area contributed by atoms with Gasteiger partial charge >= 0.3 is 5.97 Å². The summed E-state index contributed by atoms with van der Waals surface area (Å²) in [5.74, 6) is 0.257. The maximum absolute atomic E-state index is 11.5. The number of carbonyl (C=O) groups excluding carboxylic acids is 1. The van der Waals surface area contributed by atoms with Crippen LogP contribution >= 0.6 is 0 Å². The molecule has 0 saturated carbocycles. The van der Waals surface area contributed by atoms with Crippen LogP contribution in [0.1, 0.15) is 28.7 Å². The molecule has 5 heteroatoms. The number of esters is 1. The molecular formula is C20H17N3O2. The predicted molar refractivity (Wildman–Crippen MR) is 96.7 cm³/mol. The number of methoxy groups -OCH3 is 1. The molecule has 0 fully saturated rings. The molecule has 25 heavy (non-hydrogen) atoms. The lowest BCUT2D eigenvalue weighted by Gasteiger charge is -2.05. The van der Waals surface area contributed by atoms with Crippen LogP contribution in [-0.4, -0.2) is 22.6 Å². The molecule has 0 atom stereocenters. The summed E-state index contributed by atoms with van der Waals surface area (Å²) < 4.78 is 6.71. The lowest BCUT2D eigenvalue weighted by atomic mass is 10.1. The zero-order chi connectivity index (χ0) is 17.8. The van der Waals surface area contributed by atoms with Crippen molar-refractivity contribution in [3.05, 3.63) is 65.5 Å². The molecule has 0 aliphatic heterocycles. The Morgan fingerprint density at radius 3 is 2.60 bits per heavy atom. The van der Waals surface area contributed by atoms with E-state index in [1.165, 1.54) is 7.11 Å². The molecule has 0 unspecified atom stereocenters. The highest BCUT2D eigenvalue weighted by atomic mass is 16.5. The smallest absolute Gasteiger partial charge is 0.337 e. The first-order valence-corrected chi connectivity index (χ1v) is 7.93. The van der Waals surface area contributed by atoms with E-state index in [1.54, 1.807) is 30.3 Å². The van der Waals surface area contributed by atoms with Gasteiger partial charge in [-0.1, -0.05) is 24.3 Å². The van der Waals surface area contributed by atoms with Gasteiger partial charge in [0.2, 0.25) is 0 Å². The molecule has 0 aliphatic carbocycles. The number of hydrogen-bond donors (Lipinski definition) is 0. The van der Waals surface area contributed by atoms with Crippen LogP contribution in [0.5, 0.6) is 0 Å². The van der Waals surface area contributed by atoms with Gasteiger partial charge in [-0.2, -0.15) is 5.26 Å². The third kappa shape index (κ3) is 3.15. The minimum Gasteiger partial charge on any atom is -0.465 e. The summed E-state index contributed by atoms with van der Waals surface area (Å²) in [7, 11) is 1.35. The van der Waals surface area contributed by atoms with E-state index in [2.05, 4.69) is 11.1 Å². The van der Waals surface area contributed by atoms with E-state index in [-0.39, 0.29) is 5.97 Å². The first-order valence-electron chi connectivity index (χ1n) is 7.93. The number of carbonyl (C=O) groups is 1. The van der Waals surface area contributed by atoms with Crippen molar-refractivity contribution in [2.45, 2.75) is 13.5 Å². The first kappa shape index (κ1) is 16.5. The van der Waals surface area contributed by atoms with E-state index in [9.17, 15) is 10.1 Å². The number of rotatable bonds is 4. The maximum Gasteiger partial charge on any atom is 0.337 e. The Morgan fingerprint density at radius 1 is 1.24 bits per heavy atom. The summed E-state index contributed by atoms with van der Waals surface area (Å²) in [6, 6.07) is 17.0. The maximum atomic E-state index is 11.5. The standard InChI is InChI=1S/C20H17N3O2/c1-3-23-18-7-5-4-6-17(18)22-19(23)16(13-21)12-14-8-10-15(11-9-14)20(24)25-2/h4-12H,3H2,1-2H3. The topological polar surface area (TPSA) is 67.9 Å². The Hall–Kier alpha value is -3.39. The summed E-state index contributed by atoms with van der Waals surface area (Å²) in [6.07, 6.45) is 1.77. The number of aromatic nitrogens is 2. The van der Waals surface area contributed by atoms with E-state index in [1.807, 2.05) is 35.8 Å². The minimum atomic E-state index is -0.385. The molecule has 0 saturated heterocycles. The third-order valence-electron chi connectivity index (χ3n) is 3.97. The fourth-order valence-corrected chi connectivity index (χ4v) is 2.75. The molecule has 3 rings (SSSR count). The molecule has 0 radical (unpaired) electrons. The van der Waals surface area contributed by atoms with Crippen molar-refractivity contribution in [3.63, 3.8) is 0 Å². The Kier molecular flexibility index (Phi) is 4.62. The van der Waals surface area contributed by atoms with Gasteiger partial charge in [0.1, 0.15) is 6.07 Å². The summed E-state index contributed by atoms with van der Waals surface area (Å²) in [5, 5.41) is 9.62. The number of nitriles is 1. The predicted octanol–water partition coefficient (Wildman–Crippen LogP) is 3.91. The second-order valence-corrected chi connectivity index (χ2v) is 5.45. The van der Waals surface area contributed by atoms with Crippen molar-refractivity contribution in [1.29, 1.82) is 5.26 Å². The van der Waals surface area contributed by atoms with Crippen molar-refractivity contribution >= 4 is 28.7 Å². The van der Waals surface area contributed by atoms with Gasteiger partial charge in [0.15, 0.2) is 5.82 Å². The summed E-state index contributed by atoms with van der Waals surface area (Å²) in [6.45, 7) is 2.74. The Labute approximate surface area is 145 Å². The molecule has 2 aromatic carbocycles. The summed E-state index contributed by atoms with van der Waals surface area (Å²) in [5.41, 5.74) is 3.63. The van der Waals surface area contributed by atoms with Gasteiger partial charge in [-0.25, -0.2) is 9.78 Å². The van der Waals surface area contributed by atoms with Crippen LogP contribution in [-0.2, 0) is 11.3 Å². The minimum absolute atomic E-state index is 0.385. The van der Waals surface area contributed by atoms with E-state index in [4.69, 9.17) is 4.74 Å². The molecule has 0 amide bonds. The number of aryl methyl sites for hydroxylation is 1. The highest BCUT2D eigenvalue weighted by molar-refractivity contribution is 5.92. The van der Waals surface area contributed by atoms with Crippen LogP contribution in [0.25, 0.3) is 22.7 Å². The molecule has 0 spiro atoms. The zero-order valence-corrected chi connectivity index (χ0v) is 14.1. The van der Waals surface area contributed by atoms with E-state index >= 15 is 0 Å². The summed E-state index contributed by atoms with van der Waals surface area (Å²) >= 11 is 0. The molecule has 3 aromatic rings.